The first-order valence-corrected chi connectivity index (χ1v) is 13.3. The van der Waals surface area contributed by atoms with Crippen molar-refractivity contribution in [3.05, 3.63) is 81.4 Å². The number of anilines is 1. The minimum absolute atomic E-state index is 0.148. The zero-order chi connectivity index (χ0) is 28.5. The number of benzene rings is 2. The second kappa shape index (κ2) is 9.48. The molecule has 0 spiro atoms. The third kappa shape index (κ3) is 3.73. The third-order valence-electron chi connectivity index (χ3n) is 8.48. The van der Waals surface area contributed by atoms with E-state index >= 15 is 0 Å². The maximum Gasteiger partial charge on any atom is 0.238 e. The third-order valence-corrected chi connectivity index (χ3v) is 8.73. The van der Waals surface area contributed by atoms with Gasteiger partial charge >= 0.3 is 0 Å². The van der Waals surface area contributed by atoms with Crippen molar-refractivity contribution < 1.29 is 33.8 Å². The first-order chi connectivity index (χ1) is 19.2. The highest BCUT2D eigenvalue weighted by atomic mass is 35.5. The van der Waals surface area contributed by atoms with Crippen molar-refractivity contribution in [3.63, 3.8) is 0 Å². The van der Waals surface area contributed by atoms with Gasteiger partial charge in [-0.1, -0.05) is 23.3 Å². The van der Waals surface area contributed by atoms with Crippen molar-refractivity contribution in [2.45, 2.75) is 25.7 Å². The quantitative estimate of drug-likeness (QED) is 0.328. The molecule has 4 unspecified atom stereocenters. The molecule has 0 bridgehead atoms. The summed E-state index contributed by atoms with van der Waals surface area (Å²) in [5.41, 5.74) is 2.85. The molecule has 2 amide bonds. The molecule has 1 fully saturated rings. The maximum absolute atomic E-state index is 13.9. The zero-order valence-electron chi connectivity index (χ0n) is 22.1. The summed E-state index contributed by atoms with van der Waals surface area (Å²) in [4.78, 5) is 55.6. The molecule has 8 nitrogen and oxygen atoms in total. The van der Waals surface area contributed by atoms with Crippen molar-refractivity contribution in [3.8, 4) is 17.2 Å². The Hall–Kier alpha value is -4.17. The summed E-state index contributed by atoms with van der Waals surface area (Å²) in [5, 5.41) is 11.0. The van der Waals surface area contributed by atoms with Crippen LogP contribution in [0, 0.1) is 17.8 Å². The number of allylic oxidation sites excluding steroid dienone is 6. The van der Waals surface area contributed by atoms with E-state index in [0.29, 0.717) is 39.4 Å². The number of fused-ring (bicyclic) bond motifs is 3. The number of phenols is 1. The Bertz CT molecular complexity index is 1570. The summed E-state index contributed by atoms with van der Waals surface area (Å²) >= 11 is 6.03. The molecular weight excluding hydrogens is 534 g/mol. The molecule has 1 heterocycles. The molecule has 0 aromatic heterocycles. The Morgan fingerprint density at radius 3 is 2.23 bits per heavy atom. The number of halogens is 1. The van der Waals surface area contributed by atoms with Gasteiger partial charge in [0.1, 0.15) is 0 Å². The van der Waals surface area contributed by atoms with Gasteiger partial charge in [0.25, 0.3) is 0 Å². The predicted molar refractivity (Wildman–Crippen MR) is 146 cm³/mol. The number of methoxy groups -OCH3 is 2. The first kappa shape index (κ1) is 26.1. The molecule has 1 aliphatic heterocycles. The molecule has 2 aromatic carbocycles. The number of ketones is 2. The van der Waals surface area contributed by atoms with Crippen LogP contribution in [0.25, 0.3) is 0 Å². The largest absolute Gasteiger partial charge is 0.502 e. The van der Waals surface area contributed by atoms with E-state index in [1.54, 1.807) is 43.3 Å². The van der Waals surface area contributed by atoms with Gasteiger partial charge < -0.3 is 14.6 Å². The number of Topliss-reactive ketones (excluding diaryl/α,β-unsaturated/α-hetero) is 1. The molecule has 1 saturated heterocycles. The molecule has 4 atom stereocenters. The van der Waals surface area contributed by atoms with Crippen LogP contribution in [-0.4, -0.2) is 42.7 Å². The van der Waals surface area contributed by atoms with E-state index in [1.807, 2.05) is 6.08 Å². The normalized spacial score (nSPS) is 25.8. The van der Waals surface area contributed by atoms with Crippen molar-refractivity contribution in [2.75, 3.05) is 19.1 Å². The van der Waals surface area contributed by atoms with Gasteiger partial charge in [-0.05, 0) is 73.7 Å². The Kier molecular flexibility index (Phi) is 6.18. The molecular formula is C31H26ClNO7. The van der Waals surface area contributed by atoms with E-state index in [4.69, 9.17) is 21.1 Å². The smallest absolute Gasteiger partial charge is 0.238 e. The first-order valence-electron chi connectivity index (χ1n) is 12.9. The molecule has 204 valence electrons. The summed E-state index contributed by atoms with van der Waals surface area (Å²) in [6, 6.07) is 9.77. The molecule has 1 N–H and O–H groups in total. The van der Waals surface area contributed by atoms with Crippen LogP contribution in [0.1, 0.15) is 31.2 Å². The Morgan fingerprint density at radius 2 is 1.60 bits per heavy atom. The summed E-state index contributed by atoms with van der Waals surface area (Å²) in [6.07, 6.45) is 3.77. The van der Waals surface area contributed by atoms with E-state index < -0.39 is 23.7 Å². The second-order valence-corrected chi connectivity index (χ2v) is 10.9. The number of amides is 2. The van der Waals surface area contributed by atoms with E-state index in [1.165, 1.54) is 25.2 Å². The zero-order valence-corrected chi connectivity index (χ0v) is 22.8. The van der Waals surface area contributed by atoms with Crippen LogP contribution >= 0.6 is 11.6 Å². The molecule has 6 rings (SSSR count). The molecule has 4 aliphatic rings. The molecule has 0 saturated carbocycles. The minimum atomic E-state index is -0.699. The number of hydrogen-bond donors (Lipinski definition) is 1. The lowest BCUT2D eigenvalue weighted by molar-refractivity contribution is -0.123. The number of carbonyl (C=O) groups excluding carboxylic acids is 4. The Balaban J connectivity index is 1.51. The van der Waals surface area contributed by atoms with Crippen LogP contribution in [0.4, 0.5) is 5.69 Å². The number of ether oxygens (including phenoxy) is 2. The second-order valence-electron chi connectivity index (χ2n) is 10.5. The van der Waals surface area contributed by atoms with Gasteiger partial charge in [0.05, 0.1) is 31.7 Å². The van der Waals surface area contributed by atoms with E-state index in [0.717, 1.165) is 5.57 Å². The highest BCUT2D eigenvalue weighted by Crippen LogP contribution is 2.56. The topological polar surface area (TPSA) is 110 Å². The monoisotopic (exact) mass is 559 g/mol. The molecule has 3 aliphatic carbocycles. The van der Waals surface area contributed by atoms with Crippen LogP contribution < -0.4 is 14.4 Å². The van der Waals surface area contributed by atoms with E-state index in [-0.39, 0.29) is 47.1 Å². The Morgan fingerprint density at radius 1 is 0.950 bits per heavy atom. The van der Waals surface area contributed by atoms with Crippen molar-refractivity contribution in [1.82, 2.24) is 0 Å². The number of rotatable bonds is 4. The van der Waals surface area contributed by atoms with Crippen molar-refractivity contribution in [2.24, 2.45) is 17.8 Å². The fraction of sp³-hybridized carbons (Fsp3) is 0.290. The molecule has 40 heavy (non-hydrogen) atoms. The lowest BCUT2D eigenvalue weighted by Crippen LogP contribution is -2.39. The van der Waals surface area contributed by atoms with Gasteiger partial charge in [0, 0.05) is 27.7 Å². The predicted octanol–water partition coefficient (Wildman–Crippen LogP) is 4.70. The van der Waals surface area contributed by atoms with Crippen molar-refractivity contribution in [1.29, 1.82) is 0 Å². The molecule has 9 heteroatoms. The van der Waals surface area contributed by atoms with Crippen LogP contribution in [-0.2, 0) is 19.2 Å². The average molecular weight is 560 g/mol. The van der Waals surface area contributed by atoms with Crippen LogP contribution in [0.2, 0.25) is 5.02 Å². The fourth-order valence-corrected chi connectivity index (χ4v) is 6.81. The van der Waals surface area contributed by atoms with E-state index in [9.17, 15) is 24.3 Å². The van der Waals surface area contributed by atoms with Gasteiger partial charge in [-0.2, -0.15) is 0 Å². The number of hydrogen-bond acceptors (Lipinski definition) is 7. The number of aromatic hydroxyl groups is 1. The van der Waals surface area contributed by atoms with Crippen LogP contribution in [0.3, 0.4) is 0 Å². The average Bonchev–Trinajstić information content (AvgIpc) is 3.21. The number of carbonyl (C=O) groups is 4. The number of phenolic OH excluding ortho intramolecular Hbond substituents is 1. The lowest BCUT2D eigenvalue weighted by Gasteiger charge is -2.42. The van der Waals surface area contributed by atoms with Gasteiger partial charge in [-0.25, -0.2) is 0 Å². The van der Waals surface area contributed by atoms with Crippen LogP contribution in [0.5, 0.6) is 17.2 Å². The van der Waals surface area contributed by atoms with Gasteiger partial charge in [0.2, 0.25) is 17.6 Å². The SMILES string of the molecule is COc1cc(C2C3=CCC4C(=O)N(c5ccc(Cl)cc5)C(=O)C4C3CC3=C2C(=O)C=C(C)C3=O)cc(OC)c1O. The standard InChI is InChI=1S/C31H26ClNO7/c1-14-10-22(34)27-21(28(14)35)13-20-18(25(27)15-11-23(39-2)29(36)24(12-15)40-3)8-9-19-26(20)31(38)33(30(19)37)17-6-4-16(32)5-7-17/h4-8,10-12,19-20,25-26,36H,9,13H2,1-3H3. The fourth-order valence-electron chi connectivity index (χ4n) is 6.69. The maximum atomic E-state index is 13.9. The highest BCUT2D eigenvalue weighted by molar-refractivity contribution is 6.31. The van der Waals surface area contributed by atoms with Gasteiger partial charge in [-0.3, -0.25) is 24.1 Å². The summed E-state index contributed by atoms with van der Waals surface area (Å²) in [7, 11) is 2.82. The molecule has 2 aromatic rings. The van der Waals surface area contributed by atoms with Gasteiger partial charge in [0.15, 0.2) is 23.1 Å². The summed E-state index contributed by atoms with van der Waals surface area (Å²) in [5.74, 6) is -3.50. The molecule has 0 radical (unpaired) electrons. The minimum Gasteiger partial charge on any atom is -0.502 e. The number of nitrogens with zero attached hydrogens (tertiary/aromatic N) is 1. The van der Waals surface area contributed by atoms with Gasteiger partial charge in [-0.15, -0.1) is 0 Å². The summed E-state index contributed by atoms with van der Waals surface area (Å²) in [6.45, 7) is 1.60. The number of imide groups is 1. The lowest BCUT2D eigenvalue weighted by atomic mass is 9.59. The Labute approximate surface area is 235 Å². The highest BCUT2D eigenvalue weighted by Gasteiger charge is 2.56. The van der Waals surface area contributed by atoms with E-state index in [2.05, 4.69) is 0 Å². The van der Waals surface area contributed by atoms with Crippen molar-refractivity contribution >= 4 is 40.7 Å². The summed E-state index contributed by atoms with van der Waals surface area (Å²) < 4.78 is 10.8. The van der Waals surface area contributed by atoms with Crippen LogP contribution in [0.15, 0.2) is 70.8 Å².